The van der Waals surface area contributed by atoms with Gasteiger partial charge in [-0.1, -0.05) is 54.1 Å². The zero-order valence-corrected chi connectivity index (χ0v) is 13.2. The molecule has 116 valence electrons. The predicted octanol–water partition coefficient (Wildman–Crippen LogP) is 3.94. The second-order valence-electron chi connectivity index (χ2n) is 6.21. The van der Waals surface area contributed by atoms with E-state index in [0.717, 1.165) is 49.3 Å². The monoisotopic (exact) mass is 303 g/mol. The van der Waals surface area contributed by atoms with Crippen LogP contribution in [0.2, 0.25) is 0 Å². The number of imidazole rings is 1. The molecule has 1 N–H and O–H groups in total. The molecule has 0 radical (unpaired) electrons. The molecule has 0 fully saturated rings. The standard InChI is InChI=1S/C20H21N3/c1-2-6-16(7-3-1)14-17-10-12-23(13-11-17)15-20-21-18-8-4-5-9-19(18)22-20/h1-10H,11-15H2,(H,21,22). The van der Waals surface area contributed by atoms with Crippen LogP contribution in [0, 0.1) is 0 Å². The number of para-hydroxylation sites is 2. The van der Waals surface area contributed by atoms with Crippen molar-refractivity contribution >= 4 is 11.0 Å². The number of benzene rings is 2. The highest BCUT2D eigenvalue weighted by atomic mass is 15.1. The van der Waals surface area contributed by atoms with E-state index in [1.807, 2.05) is 12.1 Å². The van der Waals surface area contributed by atoms with Crippen molar-refractivity contribution in [2.45, 2.75) is 19.4 Å². The third-order valence-corrected chi connectivity index (χ3v) is 4.47. The predicted molar refractivity (Wildman–Crippen MR) is 94.2 cm³/mol. The number of nitrogens with zero attached hydrogens (tertiary/aromatic N) is 2. The van der Waals surface area contributed by atoms with Crippen molar-refractivity contribution in [3.8, 4) is 0 Å². The maximum absolute atomic E-state index is 4.68. The molecule has 0 aliphatic carbocycles. The van der Waals surface area contributed by atoms with Crippen molar-refractivity contribution in [2.75, 3.05) is 13.1 Å². The number of hydrogen-bond acceptors (Lipinski definition) is 2. The lowest BCUT2D eigenvalue weighted by molar-refractivity contribution is 0.279. The van der Waals surface area contributed by atoms with Crippen LogP contribution in [0.15, 0.2) is 66.2 Å². The van der Waals surface area contributed by atoms with Crippen molar-refractivity contribution in [3.63, 3.8) is 0 Å². The molecule has 0 saturated heterocycles. The number of nitrogens with one attached hydrogen (secondary N) is 1. The summed E-state index contributed by atoms with van der Waals surface area (Å²) in [4.78, 5) is 10.5. The van der Waals surface area contributed by atoms with Gasteiger partial charge in [0.05, 0.1) is 17.6 Å². The normalized spacial score (nSPS) is 15.7. The van der Waals surface area contributed by atoms with E-state index < -0.39 is 0 Å². The van der Waals surface area contributed by atoms with Crippen LogP contribution in [-0.2, 0) is 13.0 Å². The summed E-state index contributed by atoms with van der Waals surface area (Å²) in [5, 5.41) is 0. The van der Waals surface area contributed by atoms with Crippen LogP contribution >= 0.6 is 0 Å². The second kappa shape index (κ2) is 6.39. The van der Waals surface area contributed by atoms with E-state index in [1.165, 1.54) is 5.56 Å². The number of hydrogen-bond donors (Lipinski definition) is 1. The maximum atomic E-state index is 4.68. The fraction of sp³-hybridized carbons (Fsp3) is 0.250. The van der Waals surface area contributed by atoms with Gasteiger partial charge in [-0.25, -0.2) is 4.98 Å². The number of H-pyrrole nitrogens is 1. The molecule has 3 aromatic rings. The first kappa shape index (κ1) is 14.2. The van der Waals surface area contributed by atoms with E-state index in [-0.39, 0.29) is 0 Å². The Morgan fingerprint density at radius 3 is 2.61 bits per heavy atom. The van der Waals surface area contributed by atoms with Crippen LogP contribution in [-0.4, -0.2) is 28.0 Å². The fourth-order valence-electron chi connectivity index (χ4n) is 3.21. The second-order valence-corrected chi connectivity index (χ2v) is 6.21. The van der Waals surface area contributed by atoms with Gasteiger partial charge < -0.3 is 4.98 Å². The van der Waals surface area contributed by atoms with Crippen molar-refractivity contribution in [2.24, 2.45) is 0 Å². The maximum Gasteiger partial charge on any atom is 0.121 e. The Morgan fingerprint density at radius 1 is 1.00 bits per heavy atom. The largest absolute Gasteiger partial charge is 0.341 e. The number of aromatic nitrogens is 2. The lowest BCUT2D eigenvalue weighted by Gasteiger charge is -2.25. The molecule has 2 aromatic carbocycles. The Labute approximate surface area is 136 Å². The molecule has 23 heavy (non-hydrogen) atoms. The molecule has 0 spiro atoms. The molecular weight excluding hydrogens is 282 g/mol. The van der Waals surface area contributed by atoms with Crippen molar-refractivity contribution < 1.29 is 0 Å². The van der Waals surface area contributed by atoms with Crippen molar-refractivity contribution in [1.29, 1.82) is 0 Å². The Morgan fingerprint density at radius 2 is 1.83 bits per heavy atom. The summed E-state index contributed by atoms with van der Waals surface area (Å²) in [6.45, 7) is 3.01. The minimum atomic E-state index is 0.893. The summed E-state index contributed by atoms with van der Waals surface area (Å²) < 4.78 is 0. The molecule has 1 aromatic heterocycles. The van der Waals surface area contributed by atoms with Gasteiger partial charge in [-0.15, -0.1) is 0 Å². The molecule has 1 aliphatic heterocycles. The van der Waals surface area contributed by atoms with E-state index in [4.69, 9.17) is 0 Å². The quantitative estimate of drug-likeness (QED) is 0.740. The molecule has 0 atom stereocenters. The lowest BCUT2D eigenvalue weighted by Crippen LogP contribution is -2.29. The first-order valence-electron chi connectivity index (χ1n) is 8.25. The number of rotatable bonds is 4. The Hall–Kier alpha value is -2.39. The molecule has 2 heterocycles. The van der Waals surface area contributed by atoms with Gasteiger partial charge in [0.1, 0.15) is 5.82 Å². The highest BCUT2D eigenvalue weighted by Gasteiger charge is 2.14. The topological polar surface area (TPSA) is 31.9 Å². The number of fused-ring (bicyclic) bond motifs is 1. The minimum Gasteiger partial charge on any atom is -0.341 e. The summed E-state index contributed by atoms with van der Waals surface area (Å²) in [7, 11) is 0. The lowest BCUT2D eigenvalue weighted by atomic mass is 10.00. The molecule has 3 heteroatoms. The van der Waals surface area contributed by atoms with Gasteiger partial charge in [-0.05, 0) is 30.5 Å². The summed E-state index contributed by atoms with van der Waals surface area (Å²) in [5.74, 6) is 1.06. The zero-order valence-electron chi connectivity index (χ0n) is 13.2. The molecule has 0 unspecified atom stereocenters. The molecule has 0 saturated carbocycles. The van der Waals surface area contributed by atoms with Crippen LogP contribution in [0.3, 0.4) is 0 Å². The van der Waals surface area contributed by atoms with Gasteiger partial charge in [0.25, 0.3) is 0 Å². The average Bonchev–Trinajstić information content (AvgIpc) is 3.00. The summed E-state index contributed by atoms with van der Waals surface area (Å²) >= 11 is 0. The van der Waals surface area contributed by atoms with Crippen LogP contribution in [0.5, 0.6) is 0 Å². The van der Waals surface area contributed by atoms with Crippen LogP contribution in [0.25, 0.3) is 11.0 Å². The van der Waals surface area contributed by atoms with E-state index in [2.05, 4.69) is 63.4 Å². The van der Waals surface area contributed by atoms with Gasteiger partial charge in [0.2, 0.25) is 0 Å². The summed E-state index contributed by atoms with van der Waals surface area (Å²) in [5.41, 5.74) is 5.14. The van der Waals surface area contributed by atoms with Crippen molar-refractivity contribution in [1.82, 2.24) is 14.9 Å². The molecule has 0 bridgehead atoms. The molecule has 1 aliphatic rings. The highest BCUT2D eigenvalue weighted by molar-refractivity contribution is 5.74. The summed E-state index contributed by atoms with van der Waals surface area (Å²) in [6.07, 6.45) is 4.62. The van der Waals surface area contributed by atoms with Gasteiger partial charge in [-0.2, -0.15) is 0 Å². The van der Waals surface area contributed by atoms with E-state index >= 15 is 0 Å². The first-order chi connectivity index (χ1) is 11.4. The van der Waals surface area contributed by atoms with E-state index in [9.17, 15) is 0 Å². The average molecular weight is 303 g/mol. The smallest absolute Gasteiger partial charge is 0.121 e. The summed E-state index contributed by atoms with van der Waals surface area (Å²) in [6, 6.07) is 19.0. The molecule has 4 rings (SSSR count). The number of aromatic amines is 1. The van der Waals surface area contributed by atoms with Crippen LogP contribution in [0.1, 0.15) is 17.8 Å². The first-order valence-corrected chi connectivity index (χ1v) is 8.25. The van der Waals surface area contributed by atoms with Gasteiger partial charge >= 0.3 is 0 Å². The van der Waals surface area contributed by atoms with Crippen LogP contribution < -0.4 is 0 Å². The van der Waals surface area contributed by atoms with Crippen molar-refractivity contribution in [3.05, 3.63) is 77.6 Å². The highest BCUT2D eigenvalue weighted by Crippen LogP contribution is 2.18. The minimum absolute atomic E-state index is 0.893. The molecule has 3 nitrogen and oxygen atoms in total. The van der Waals surface area contributed by atoms with Gasteiger partial charge in [0.15, 0.2) is 0 Å². The van der Waals surface area contributed by atoms with Gasteiger partial charge in [-0.3, -0.25) is 4.90 Å². The molecular formula is C20H21N3. The zero-order chi connectivity index (χ0) is 15.5. The van der Waals surface area contributed by atoms with E-state index in [0.29, 0.717) is 0 Å². The Balaban J connectivity index is 1.39. The third kappa shape index (κ3) is 3.35. The SMILES string of the molecule is C1=C(Cc2ccccc2)CCN(Cc2nc3ccccc3[nH]2)C1. The van der Waals surface area contributed by atoms with E-state index in [1.54, 1.807) is 5.57 Å². The van der Waals surface area contributed by atoms with Gasteiger partial charge in [0, 0.05) is 13.1 Å². The Bertz CT molecular complexity index is 784. The Kier molecular flexibility index (Phi) is 3.95. The third-order valence-electron chi connectivity index (χ3n) is 4.47. The van der Waals surface area contributed by atoms with Crippen LogP contribution in [0.4, 0.5) is 0 Å². The fourth-order valence-corrected chi connectivity index (χ4v) is 3.21. The molecule has 0 amide bonds.